The number of aliphatic hydroxyl groups excluding tert-OH is 1. The van der Waals surface area contributed by atoms with Crippen LogP contribution in [0.4, 0.5) is 0 Å². The van der Waals surface area contributed by atoms with E-state index in [1.54, 1.807) is 18.5 Å². The molecule has 0 aliphatic heterocycles. The molecule has 3 rings (SSSR count). The standard InChI is InChI=1S/C17H22N4O2/c1-3-21-11-18-20-15(21)12-4-6-13(7-5-12)16(23)19-17(2,10-22)14-8-9-14/h4-7,11,14,22H,3,8-10H2,1-2H3,(H,19,23). The number of amides is 1. The first-order chi connectivity index (χ1) is 11.1. The molecule has 1 unspecified atom stereocenters. The zero-order valence-electron chi connectivity index (χ0n) is 13.5. The maximum atomic E-state index is 12.4. The summed E-state index contributed by atoms with van der Waals surface area (Å²) in [5.74, 6) is 1.01. The van der Waals surface area contributed by atoms with E-state index in [-0.39, 0.29) is 12.5 Å². The number of rotatable bonds is 6. The molecule has 2 aromatic rings. The minimum absolute atomic E-state index is 0.0406. The van der Waals surface area contributed by atoms with Crippen LogP contribution in [0.5, 0.6) is 0 Å². The molecule has 1 amide bonds. The van der Waals surface area contributed by atoms with Gasteiger partial charge in [0.25, 0.3) is 5.91 Å². The van der Waals surface area contributed by atoms with Gasteiger partial charge in [0.05, 0.1) is 12.1 Å². The molecule has 1 heterocycles. The second kappa shape index (κ2) is 6.12. The van der Waals surface area contributed by atoms with Crippen molar-refractivity contribution in [2.75, 3.05) is 6.61 Å². The molecule has 1 saturated carbocycles. The number of aliphatic hydroxyl groups is 1. The lowest BCUT2D eigenvalue weighted by Gasteiger charge is -2.28. The van der Waals surface area contributed by atoms with Gasteiger partial charge in [-0.3, -0.25) is 4.79 Å². The minimum atomic E-state index is -0.530. The van der Waals surface area contributed by atoms with Crippen molar-refractivity contribution in [3.63, 3.8) is 0 Å². The third-order valence-electron chi connectivity index (χ3n) is 4.57. The molecule has 23 heavy (non-hydrogen) atoms. The highest BCUT2D eigenvalue weighted by atomic mass is 16.3. The molecule has 1 aliphatic carbocycles. The van der Waals surface area contributed by atoms with Crippen LogP contribution < -0.4 is 5.32 Å². The third-order valence-corrected chi connectivity index (χ3v) is 4.57. The van der Waals surface area contributed by atoms with Gasteiger partial charge in [0.2, 0.25) is 0 Å². The molecule has 0 saturated heterocycles. The lowest BCUT2D eigenvalue weighted by molar-refractivity contribution is 0.0824. The van der Waals surface area contributed by atoms with Crippen LogP contribution >= 0.6 is 0 Å². The Bertz CT molecular complexity index is 691. The summed E-state index contributed by atoms with van der Waals surface area (Å²) < 4.78 is 1.95. The molecule has 0 bridgehead atoms. The van der Waals surface area contributed by atoms with Gasteiger partial charge in [0, 0.05) is 17.7 Å². The highest BCUT2D eigenvalue weighted by molar-refractivity contribution is 5.95. The van der Waals surface area contributed by atoms with E-state index in [0.717, 1.165) is 30.8 Å². The van der Waals surface area contributed by atoms with Crippen LogP contribution in [0, 0.1) is 5.92 Å². The number of aryl methyl sites for hydroxylation is 1. The van der Waals surface area contributed by atoms with Gasteiger partial charge >= 0.3 is 0 Å². The zero-order valence-corrected chi connectivity index (χ0v) is 13.5. The number of aromatic nitrogens is 3. The highest BCUT2D eigenvalue weighted by Crippen LogP contribution is 2.39. The average molecular weight is 314 g/mol. The van der Waals surface area contributed by atoms with Crippen molar-refractivity contribution in [2.45, 2.75) is 38.8 Å². The topological polar surface area (TPSA) is 80.0 Å². The Hall–Kier alpha value is -2.21. The van der Waals surface area contributed by atoms with Crippen LogP contribution in [0.2, 0.25) is 0 Å². The van der Waals surface area contributed by atoms with E-state index in [2.05, 4.69) is 15.5 Å². The van der Waals surface area contributed by atoms with Gasteiger partial charge in [0.15, 0.2) is 5.82 Å². The largest absolute Gasteiger partial charge is 0.394 e. The second-order valence-corrected chi connectivity index (χ2v) is 6.32. The van der Waals surface area contributed by atoms with Gasteiger partial charge in [-0.1, -0.05) is 12.1 Å². The predicted molar refractivity (Wildman–Crippen MR) is 86.8 cm³/mol. The first kappa shape index (κ1) is 15.7. The van der Waals surface area contributed by atoms with Gasteiger partial charge in [0.1, 0.15) is 6.33 Å². The van der Waals surface area contributed by atoms with Crippen molar-refractivity contribution < 1.29 is 9.90 Å². The Balaban J connectivity index is 1.75. The molecule has 1 aromatic heterocycles. The molecule has 1 aromatic carbocycles. The van der Waals surface area contributed by atoms with Crippen LogP contribution in [0.15, 0.2) is 30.6 Å². The number of benzene rings is 1. The van der Waals surface area contributed by atoms with E-state index in [4.69, 9.17) is 0 Å². The molecule has 2 N–H and O–H groups in total. The summed E-state index contributed by atoms with van der Waals surface area (Å²) >= 11 is 0. The zero-order chi connectivity index (χ0) is 16.4. The molecular weight excluding hydrogens is 292 g/mol. The number of nitrogens with one attached hydrogen (secondary N) is 1. The predicted octanol–water partition coefficient (Wildman–Crippen LogP) is 1.86. The van der Waals surface area contributed by atoms with Gasteiger partial charge < -0.3 is 15.0 Å². The normalized spacial score (nSPS) is 16.8. The summed E-state index contributed by atoms with van der Waals surface area (Å²) in [6.07, 6.45) is 3.81. The fraction of sp³-hybridized carbons (Fsp3) is 0.471. The minimum Gasteiger partial charge on any atom is -0.394 e. The summed E-state index contributed by atoms with van der Waals surface area (Å²) in [4.78, 5) is 12.4. The van der Waals surface area contributed by atoms with E-state index < -0.39 is 5.54 Å². The highest BCUT2D eigenvalue weighted by Gasteiger charge is 2.42. The molecule has 0 radical (unpaired) electrons. The summed E-state index contributed by atoms with van der Waals surface area (Å²) in [7, 11) is 0. The smallest absolute Gasteiger partial charge is 0.251 e. The number of nitrogens with zero attached hydrogens (tertiary/aromatic N) is 3. The number of carbonyl (C=O) groups is 1. The monoisotopic (exact) mass is 314 g/mol. The van der Waals surface area contributed by atoms with Crippen LogP contribution in [0.25, 0.3) is 11.4 Å². The summed E-state index contributed by atoms with van der Waals surface area (Å²) in [6.45, 7) is 4.69. The van der Waals surface area contributed by atoms with Crippen molar-refractivity contribution in [2.24, 2.45) is 5.92 Å². The SMILES string of the molecule is CCn1cnnc1-c1ccc(C(=O)NC(C)(CO)C2CC2)cc1. The van der Waals surface area contributed by atoms with E-state index in [1.165, 1.54) is 0 Å². The molecular formula is C17H22N4O2. The lowest BCUT2D eigenvalue weighted by atomic mass is 9.96. The van der Waals surface area contributed by atoms with Crippen LogP contribution in [0.1, 0.15) is 37.0 Å². The first-order valence-electron chi connectivity index (χ1n) is 7.99. The Morgan fingerprint density at radius 3 is 2.65 bits per heavy atom. The fourth-order valence-electron chi connectivity index (χ4n) is 2.80. The second-order valence-electron chi connectivity index (χ2n) is 6.32. The average Bonchev–Trinajstić information content (AvgIpc) is 3.33. The molecule has 1 aliphatic rings. The summed E-state index contributed by atoms with van der Waals surface area (Å²) in [5.41, 5.74) is 0.975. The van der Waals surface area contributed by atoms with Crippen molar-refractivity contribution in [1.82, 2.24) is 20.1 Å². The van der Waals surface area contributed by atoms with Crippen molar-refractivity contribution in [3.8, 4) is 11.4 Å². The van der Waals surface area contributed by atoms with Crippen molar-refractivity contribution >= 4 is 5.91 Å². The van der Waals surface area contributed by atoms with Crippen molar-refractivity contribution in [1.29, 1.82) is 0 Å². The van der Waals surface area contributed by atoms with Crippen LogP contribution in [-0.2, 0) is 6.54 Å². The molecule has 6 nitrogen and oxygen atoms in total. The molecule has 6 heteroatoms. The van der Waals surface area contributed by atoms with E-state index >= 15 is 0 Å². The Kier molecular flexibility index (Phi) is 4.17. The fourth-order valence-corrected chi connectivity index (χ4v) is 2.80. The molecule has 1 atom stereocenters. The molecule has 0 spiro atoms. The van der Waals surface area contributed by atoms with E-state index in [9.17, 15) is 9.90 Å². The molecule has 1 fully saturated rings. The number of hydrogen-bond acceptors (Lipinski definition) is 4. The molecule has 122 valence electrons. The quantitative estimate of drug-likeness (QED) is 0.853. The Morgan fingerprint density at radius 2 is 2.09 bits per heavy atom. The maximum Gasteiger partial charge on any atom is 0.251 e. The van der Waals surface area contributed by atoms with Gasteiger partial charge in [-0.2, -0.15) is 0 Å². The number of hydrogen-bond donors (Lipinski definition) is 2. The van der Waals surface area contributed by atoms with Gasteiger partial charge in [-0.15, -0.1) is 10.2 Å². The Labute approximate surface area is 135 Å². The van der Waals surface area contributed by atoms with E-state index in [0.29, 0.717) is 11.5 Å². The third kappa shape index (κ3) is 3.12. The van der Waals surface area contributed by atoms with Crippen molar-refractivity contribution in [3.05, 3.63) is 36.2 Å². The summed E-state index contributed by atoms with van der Waals surface area (Å²) in [6, 6.07) is 7.31. The van der Waals surface area contributed by atoms with E-state index in [1.807, 2.05) is 30.5 Å². The van der Waals surface area contributed by atoms with Gasteiger partial charge in [-0.05, 0) is 44.7 Å². The number of carbonyl (C=O) groups excluding carboxylic acids is 1. The van der Waals surface area contributed by atoms with Crippen LogP contribution in [-0.4, -0.2) is 37.9 Å². The first-order valence-corrected chi connectivity index (χ1v) is 7.99. The lowest BCUT2D eigenvalue weighted by Crippen LogP contribution is -2.50. The maximum absolute atomic E-state index is 12.4. The summed E-state index contributed by atoms with van der Waals surface area (Å²) in [5, 5.41) is 20.6. The van der Waals surface area contributed by atoms with Gasteiger partial charge in [-0.25, -0.2) is 0 Å². The Morgan fingerprint density at radius 1 is 1.39 bits per heavy atom. The van der Waals surface area contributed by atoms with Crippen LogP contribution in [0.3, 0.4) is 0 Å².